The molecule has 148 valence electrons. The molecule has 2 aromatic rings. The summed E-state index contributed by atoms with van der Waals surface area (Å²) in [5.41, 5.74) is 3.29. The first-order valence-electron chi connectivity index (χ1n) is 9.96. The van der Waals surface area contributed by atoms with E-state index in [1.165, 1.54) is 11.1 Å². The molecule has 1 amide bonds. The molecule has 1 N–H and O–H groups in total. The second-order valence-corrected chi connectivity index (χ2v) is 9.89. The molecule has 0 aromatic heterocycles. The van der Waals surface area contributed by atoms with Crippen LogP contribution in [0.5, 0.6) is 0 Å². The Hall–Kier alpha value is -2.34. The largest absolute Gasteiger partial charge is 0.376 e. The number of carbonyl (C=O) groups is 1. The van der Waals surface area contributed by atoms with E-state index in [9.17, 15) is 13.2 Å². The summed E-state index contributed by atoms with van der Waals surface area (Å²) in [6.45, 7) is 1.59. The zero-order valence-corrected chi connectivity index (χ0v) is 16.7. The maximum atomic E-state index is 12.6. The number of rotatable bonds is 5. The summed E-state index contributed by atoms with van der Waals surface area (Å²) >= 11 is 0. The molecule has 1 aliphatic heterocycles. The molecule has 0 atom stereocenters. The molecule has 2 aliphatic rings. The van der Waals surface area contributed by atoms with E-state index >= 15 is 0 Å². The lowest BCUT2D eigenvalue weighted by Gasteiger charge is -2.29. The second kappa shape index (κ2) is 7.95. The summed E-state index contributed by atoms with van der Waals surface area (Å²) in [6.07, 6.45) is 4.39. The van der Waals surface area contributed by atoms with Crippen molar-refractivity contribution in [3.8, 4) is 0 Å². The van der Waals surface area contributed by atoms with Gasteiger partial charge in [-0.2, -0.15) is 0 Å². The smallest absolute Gasteiger partial charge is 0.242 e. The SMILES string of the molecule is O=C(CNc1ccc(S(=O)(=O)C2CCCC2)cc1)N1CCc2ccccc2C1. The van der Waals surface area contributed by atoms with Crippen LogP contribution in [0.3, 0.4) is 0 Å². The minimum absolute atomic E-state index is 0.0529. The van der Waals surface area contributed by atoms with Gasteiger partial charge in [0.05, 0.1) is 16.7 Å². The van der Waals surface area contributed by atoms with E-state index in [2.05, 4.69) is 17.4 Å². The Morgan fingerprint density at radius 3 is 2.39 bits per heavy atom. The minimum atomic E-state index is -3.24. The number of benzene rings is 2. The van der Waals surface area contributed by atoms with Crippen LogP contribution >= 0.6 is 0 Å². The fraction of sp³-hybridized carbons (Fsp3) is 0.409. The fourth-order valence-corrected chi connectivity index (χ4v) is 6.01. The highest BCUT2D eigenvalue weighted by molar-refractivity contribution is 7.92. The molecule has 28 heavy (non-hydrogen) atoms. The van der Waals surface area contributed by atoms with Crippen LogP contribution in [0, 0.1) is 0 Å². The normalized spacial score (nSPS) is 17.4. The maximum absolute atomic E-state index is 12.6. The molecular weight excluding hydrogens is 372 g/mol. The summed E-state index contributed by atoms with van der Waals surface area (Å²) in [4.78, 5) is 14.8. The topological polar surface area (TPSA) is 66.5 Å². The van der Waals surface area contributed by atoms with Crippen LogP contribution in [0.1, 0.15) is 36.8 Å². The Balaban J connectivity index is 1.34. The van der Waals surface area contributed by atoms with Gasteiger partial charge in [0.25, 0.3) is 0 Å². The van der Waals surface area contributed by atoms with E-state index in [1.54, 1.807) is 24.3 Å². The molecule has 5 nitrogen and oxygen atoms in total. The van der Waals surface area contributed by atoms with Crippen LogP contribution < -0.4 is 5.32 Å². The second-order valence-electron chi connectivity index (χ2n) is 7.66. The van der Waals surface area contributed by atoms with Gasteiger partial charge in [0.2, 0.25) is 5.91 Å². The molecule has 1 fully saturated rings. The lowest BCUT2D eigenvalue weighted by Crippen LogP contribution is -2.39. The predicted octanol–water partition coefficient (Wildman–Crippen LogP) is 3.40. The molecule has 4 rings (SSSR count). The van der Waals surface area contributed by atoms with Gasteiger partial charge in [-0.25, -0.2) is 8.42 Å². The van der Waals surface area contributed by atoms with Gasteiger partial charge < -0.3 is 10.2 Å². The quantitative estimate of drug-likeness (QED) is 0.838. The van der Waals surface area contributed by atoms with Crippen molar-refractivity contribution in [2.75, 3.05) is 18.4 Å². The number of nitrogens with one attached hydrogen (secondary N) is 1. The van der Waals surface area contributed by atoms with Crippen molar-refractivity contribution in [3.63, 3.8) is 0 Å². The summed E-state index contributed by atoms with van der Waals surface area (Å²) in [5, 5.41) is 2.89. The Morgan fingerprint density at radius 2 is 1.68 bits per heavy atom. The van der Waals surface area contributed by atoms with Crippen LogP contribution in [0.4, 0.5) is 5.69 Å². The van der Waals surface area contributed by atoms with Gasteiger partial charge in [0.1, 0.15) is 0 Å². The minimum Gasteiger partial charge on any atom is -0.376 e. The first-order valence-corrected chi connectivity index (χ1v) is 11.5. The van der Waals surface area contributed by atoms with Crippen LogP contribution in [0.2, 0.25) is 0 Å². The molecule has 6 heteroatoms. The molecule has 0 radical (unpaired) electrons. The Kier molecular flexibility index (Phi) is 5.40. The van der Waals surface area contributed by atoms with E-state index in [4.69, 9.17) is 0 Å². The van der Waals surface area contributed by atoms with Crippen molar-refractivity contribution in [1.82, 2.24) is 4.90 Å². The molecule has 1 heterocycles. The van der Waals surface area contributed by atoms with Gasteiger partial charge in [-0.1, -0.05) is 37.1 Å². The molecule has 2 aromatic carbocycles. The molecule has 0 unspecified atom stereocenters. The van der Waals surface area contributed by atoms with Crippen molar-refractivity contribution in [2.24, 2.45) is 0 Å². The fourth-order valence-electron chi connectivity index (χ4n) is 4.15. The summed E-state index contributed by atoms with van der Waals surface area (Å²) in [5.74, 6) is 0.0529. The van der Waals surface area contributed by atoms with Gasteiger partial charge in [0, 0.05) is 18.8 Å². The van der Waals surface area contributed by atoms with E-state index in [0.717, 1.165) is 44.3 Å². The van der Waals surface area contributed by atoms with Crippen molar-refractivity contribution in [1.29, 1.82) is 0 Å². The molecular formula is C22H26N2O3S. The van der Waals surface area contributed by atoms with E-state index in [0.29, 0.717) is 11.4 Å². The predicted molar refractivity (Wildman–Crippen MR) is 110 cm³/mol. The number of hydrogen-bond acceptors (Lipinski definition) is 4. The van der Waals surface area contributed by atoms with E-state index in [-0.39, 0.29) is 17.7 Å². The molecule has 1 saturated carbocycles. The molecule has 0 saturated heterocycles. The average Bonchev–Trinajstić information content (AvgIpc) is 3.28. The third-order valence-corrected chi connectivity index (χ3v) is 8.13. The summed E-state index contributed by atoms with van der Waals surface area (Å²) in [6, 6.07) is 15.0. The summed E-state index contributed by atoms with van der Waals surface area (Å²) in [7, 11) is -3.24. The summed E-state index contributed by atoms with van der Waals surface area (Å²) < 4.78 is 25.3. The number of amides is 1. The lowest BCUT2D eigenvalue weighted by molar-refractivity contribution is -0.130. The van der Waals surface area contributed by atoms with E-state index in [1.807, 2.05) is 17.0 Å². The monoisotopic (exact) mass is 398 g/mol. The third-order valence-electron chi connectivity index (χ3n) is 5.85. The highest BCUT2D eigenvalue weighted by Crippen LogP contribution is 2.30. The van der Waals surface area contributed by atoms with Crippen molar-refractivity contribution in [2.45, 2.75) is 48.8 Å². The average molecular weight is 399 g/mol. The highest BCUT2D eigenvalue weighted by atomic mass is 32.2. The molecule has 0 bridgehead atoms. The Labute approximate surface area is 166 Å². The van der Waals surface area contributed by atoms with Crippen LogP contribution in [-0.4, -0.2) is 37.6 Å². The van der Waals surface area contributed by atoms with Crippen molar-refractivity contribution >= 4 is 21.4 Å². The van der Waals surface area contributed by atoms with Crippen LogP contribution in [-0.2, 0) is 27.6 Å². The standard InChI is InChI=1S/C22H26N2O3S/c25-22(24-14-13-17-5-1-2-6-18(17)16-24)15-23-19-9-11-21(12-10-19)28(26,27)20-7-3-4-8-20/h1-2,5-6,9-12,20,23H,3-4,7-8,13-16H2. The first kappa shape index (κ1) is 19.0. The van der Waals surface area contributed by atoms with Gasteiger partial charge >= 0.3 is 0 Å². The maximum Gasteiger partial charge on any atom is 0.242 e. The Bertz CT molecular complexity index is 948. The first-order chi connectivity index (χ1) is 13.5. The van der Waals surface area contributed by atoms with Gasteiger partial charge in [0.15, 0.2) is 9.84 Å². The lowest BCUT2D eigenvalue weighted by atomic mass is 10.00. The number of carbonyl (C=O) groups excluding carboxylic acids is 1. The highest BCUT2D eigenvalue weighted by Gasteiger charge is 2.30. The van der Waals surface area contributed by atoms with Gasteiger partial charge in [-0.3, -0.25) is 4.79 Å². The third kappa shape index (κ3) is 3.92. The molecule has 0 spiro atoms. The van der Waals surface area contributed by atoms with Crippen molar-refractivity contribution in [3.05, 3.63) is 59.7 Å². The zero-order chi connectivity index (χ0) is 19.6. The number of nitrogens with zero attached hydrogens (tertiary/aromatic N) is 1. The zero-order valence-electron chi connectivity index (χ0n) is 15.9. The van der Waals surface area contributed by atoms with Crippen LogP contribution in [0.25, 0.3) is 0 Å². The van der Waals surface area contributed by atoms with Crippen molar-refractivity contribution < 1.29 is 13.2 Å². The van der Waals surface area contributed by atoms with E-state index < -0.39 is 9.84 Å². The molecule has 1 aliphatic carbocycles. The van der Waals surface area contributed by atoms with Gasteiger partial charge in [-0.15, -0.1) is 0 Å². The number of hydrogen-bond donors (Lipinski definition) is 1. The van der Waals surface area contributed by atoms with Gasteiger partial charge in [-0.05, 0) is 54.7 Å². The number of fused-ring (bicyclic) bond motifs is 1. The van der Waals surface area contributed by atoms with Crippen LogP contribution in [0.15, 0.2) is 53.4 Å². The Morgan fingerprint density at radius 1 is 1.00 bits per heavy atom. The number of sulfone groups is 1. The number of anilines is 1.